The molecule has 1 aromatic carbocycles. The Morgan fingerprint density at radius 2 is 2.00 bits per heavy atom. The van der Waals surface area contributed by atoms with E-state index in [9.17, 15) is 0 Å². The molecule has 0 saturated carbocycles. The van der Waals surface area contributed by atoms with Gasteiger partial charge in [0.2, 0.25) is 0 Å². The predicted octanol–water partition coefficient (Wildman–Crippen LogP) is 3.35. The van der Waals surface area contributed by atoms with E-state index in [1.165, 1.54) is 0 Å². The van der Waals surface area contributed by atoms with E-state index in [-0.39, 0.29) is 6.04 Å². The quantitative estimate of drug-likeness (QED) is 0.943. The van der Waals surface area contributed by atoms with Gasteiger partial charge in [-0.1, -0.05) is 28.1 Å². The van der Waals surface area contributed by atoms with Crippen molar-refractivity contribution < 1.29 is 0 Å². The molecule has 0 amide bonds. The summed E-state index contributed by atoms with van der Waals surface area (Å²) >= 11 is 3.44. The Hall–Kier alpha value is -1.13. The van der Waals surface area contributed by atoms with Crippen LogP contribution in [0.4, 0.5) is 0 Å². The number of nitrogens with two attached hydrogens (primary N) is 1. The minimum absolute atomic E-state index is 0.0306. The first-order chi connectivity index (χ1) is 8.11. The van der Waals surface area contributed by atoms with Crippen LogP contribution < -0.4 is 5.73 Å². The summed E-state index contributed by atoms with van der Waals surface area (Å²) in [5.41, 5.74) is 9.08. The molecule has 0 spiro atoms. The number of aryl methyl sites for hydroxylation is 1. The molecule has 0 aliphatic rings. The van der Waals surface area contributed by atoms with Crippen LogP contribution in [0.5, 0.6) is 0 Å². The lowest BCUT2D eigenvalue weighted by Gasteiger charge is -2.04. The van der Waals surface area contributed by atoms with Gasteiger partial charge in [0.25, 0.3) is 0 Å². The summed E-state index contributed by atoms with van der Waals surface area (Å²) in [5.74, 6) is 0. The summed E-state index contributed by atoms with van der Waals surface area (Å²) in [6, 6.07) is 10.3. The van der Waals surface area contributed by atoms with Gasteiger partial charge < -0.3 is 5.73 Å². The number of aromatic nitrogens is 2. The zero-order valence-electron chi connectivity index (χ0n) is 10.0. The molecular formula is C13H16BrN3. The number of hydrogen-bond acceptors (Lipinski definition) is 2. The molecule has 0 bridgehead atoms. The minimum Gasteiger partial charge on any atom is -0.323 e. The topological polar surface area (TPSA) is 43.8 Å². The van der Waals surface area contributed by atoms with Crippen molar-refractivity contribution in [2.24, 2.45) is 5.73 Å². The highest BCUT2D eigenvalue weighted by molar-refractivity contribution is 9.10. The Labute approximate surface area is 110 Å². The van der Waals surface area contributed by atoms with Crippen LogP contribution in [-0.2, 0) is 6.54 Å². The lowest BCUT2D eigenvalue weighted by molar-refractivity contribution is 0.636. The predicted molar refractivity (Wildman–Crippen MR) is 73.6 cm³/mol. The van der Waals surface area contributed by atoms with Crippen LogP contribution in [0.2, 0.25) is 0 Å². The van der Waals surface area contributed by atoms with Crippen LogP contribution in [0, 0.1) is 0 Å². The van der Waals surface area contributed by atoms with E-state index in [0.29, 0.717) is 0 Å². The maximum atomic E-state index is 5.87. The van der Waals surface area contributed by atoms with Gasteiger partial charge in [-0.05, 0) is 37.6 Å². The first-order valence-corrected chi connectivity index (χ1v) is 6.50. The summed E-state index contributed by atoms with van der Waals surface area (Å²) in [6.45, 7) is 4.88. The van der Waals surface area contributed by atoms with Gasteiger partial charge in [0.1, 0.15) is 0 Å². The smallest absolute Gasteiger partial charge is 0.0795 e. The van der Waals surface area contributed by atoms with Crippen molar-refractivity contribution in [1.29, 1.82) is 0 Å². The first kappa shape index (κ1) is 12.3. The molecular weight excluding hydrogens is 278 g/mol. The summed E-state index contributed by atoms with van der Waals surface area (Å²) < 4.78 is 3.07. The molecule has 0 aliphatic carbocycles. The zero-order valence-corrected chi connectivity index (χ0v) is 11.6. The molecule has 0 fully saturated rings. The van der Waals surface area contributed by atoms with Crippen LogP contribution in [0.25, 0.3) is 11.3 Å². The van der Waals surface area contributed by atoms with E-state index in [4.69, 9.17) is 5.73 Å². The van der Waals surface area contributed by atoms with Crippen molar-refractivity contribution in [3.05, 3.63) is 40.5 Å². The second-order valence-electron chi connectivity index (χ2n) is 4.07. The Bertz CT molecular complexity index is 500. The average molecular weight is 294 g/mol. The fraction of sp³-hybridized carbons (Fsp3) is 0.308. The summed E-state index contributed by atoms with van der Waals surface area (Å²) in [6.07, 6.45) is 0. The Kier molecular flexibility index (Phi) is 3.64. The molecule has 4 heteroatoms. The standard InChI is InChI=1S/C13H16BrN3/c1-3-17-13(8-12(16-17)9(2)15)10-4-6-11(14)7-5-10/h4-9H,3,15H2,1-2H3. The van der Waals surface area contributed by atoms with E-state index < -0.39 is 0 Å². The molecule has 90 valence electrons. The number of halogens is 1. The summed E-state index contributed by atoms with van der Waals surface area (Å²) in [4.78, 5) is 0. The van der Waals surface area contributed by atoms with E-state index in [2.05, 4.69) is 46.2 Å². The number of rotatable bonds is 3. The van der Waals surface area contributed by atoms with Gasteiger partial charge in [0.15, 0.2) is 0 Å². The number of hydrogen-bond donors (Lipinski definition) is 1. The first-order valence-electron chi connectivity index (χ1n) is 5.71. The molecule has 1 aromatic heterocycles. The molecule has 1 atom stereocenters. The van der Waals surface area contributed by atoms with Crippen molar-refractivity contribution in [2.75, 3.05) is 0 Å². The molecule has 2 N–H and O–H groups in total. The van der Waals surface area contributed by atoms with Crippen LogP contribution in [0.1, 0.15) is 25.6 Å². The fourth-order valence-corrected chi connectivity index (χ4v) is 2.02. The molecule has 2 aromatic rings. The highest BCUT2D eigenvalue weighted by atomic mass is 79.9. The molecule has 0 saturated heterocycles. The molecule has 2 rings (SSSR count). The third-order valence-electron chi connectivity index (χ3n) is 2.70. The van der Waals surface area contributed by atoms with Crippen molar-refractivity contribution in [2.45, 2.75) is 26.4 Å². The Morgan fingerprint density at radius 3 is 2.53 bits per heavy atom. The van der Waals surface area contributed by atoms with Crippen molar-refractivity contribution in [1.82, 2.24) is 9.78 Å². The maximum absolute atomic E-state index is 5.87. The van der Waals surface area contributed by atoms with Crippen molar-refractivity contribution >= 4 is 15.9 Å². The highest BCUT2D eigenvalue weighted by Gasteiger charge is 2.11. The zero-order chi connectivity index (χ0) is 12.4. The Morgan fingerprint density at radius 1 is 1.35 bits per heavy atom. The second-order valence-corrected chi connectivity index (χ2v) is 4.98. The molecule has 0 radical (unpaired) electrons. The minimum atomic E-state index is -0.0306. The van der Waals surface area contributed by atoms with E-state index in [1.807, 2.05) is 23.7 Å². The molecule has 17 heavy (non-hydrogen) atoms. The van der Waals surface area contributed by atoms with E-state index in [0.717, 1.165) is 28.0 Å². The maximum Gasteiger partial charge on any atom is 0.0795 e. The van der Waals surface area contributed by atoms with Crippen molar-refractivity contribution in [3.8, 4) is 11.3 Å². The van der Waals surface area contributed by atoms with Crippen LogP contribution in [-0.4, -0.2) is 9.78 Å². The van der Waals surface area contributed by atoms with E-state index >= 15 is 0 Å². The summed E-state index contributed by atoms with van der Waals surface area (Å²) in [7, 11) is 0. The molecule has 3 nitrogen and oxygen atoms in total. The molecule has 0 aliphatic heterocycles. The van der Waals surface area contributed by atoms with Gasteiger partial charge in [-0.2, -0.15) is 5.10 Å². The van der Waals surface area contributed by atoms with E-state index in [1.54, 1.807) is 0 Å². The van der Waals surface area contributed by atoms with Gasteiger partial charge in [-0.3, -0.25) is 4.68 Å². The highest BCUT2D eigenvalue weighted by Crippen LogP contribution is 2.24. The lowest BCUT2D eigenvalue weighted by Crippen LogP contribution is -2.07. The third-order valence-corrected chi connectivity index (χ3v) is 3.23. The fourth-order valence-electron chi connectivity index (χ4n) is 1.75. The molecule has 1 heterocycles. The van der Waals surface area contributed by atoms with Crippen LogP contribution in [0.15, 0.2) is 34.8 Å². The average Bonchev–Trinajstić information content (AvgIpc) is 2.74. The normalized spacial score (nSPS) is 12.7. The number of nitrogens with zero attached hydrogens (tertiary/aromatic N) is 2. The van der Waals surface area contributed by atoms with Gasteiger partial charge in [-0.15, -0.1) is 0 Å². The van der Waals surface area contributed by atoms with Crippen LogP contribution in [0.3, 0.4) is 0 Å². The Balaban J connectivity index is 2.46. The number of benzene rings is 1. The monoisotopic (exact) mass is 293 g/mol. The SMILES string of the molecule is CCn1nc(C(C)N)cc1-c1ccc(Br)cc1. The van der Waals surface area contributed by atoms with Crippen molar-refractivity contribution in [3.63, 3.8) is 0 Å². The second kappa shape index (κ2) is 5.02. The third kappa shape index (κ3) is 2.58. The van der Waals surface area contributed by atoms with Gasteiger partial charge in [0, 0.05) is 17.1 Å². The van der Waals surface area contributed by atoms with Crippen LogP contribution >= 0.6 is 15.9 Å². The largest absolute Gasteiger partial charge is 0.323 e. The van der Waals surface area contributed by atoms with Gasteiger partial charge in [-0.25, -0.2) is 0 Å². The lowest BCUT2D eigenvalue weighted by atomic mass is 10.1. The summed E-state index contributed by atoms with van der Waals surface area (Å²) in [5, 5.41) is 4.51. The van der Waals surface area contributed by atoms with Gasteiger partial charge >= 0.3 is 0 Å². The molecule has 1 unspecified atom stereocenters. The van der Waals surface area contributed by atoms with Gasteiger partial charge in [0.05, 0.1) is 11.4 Å².